The highest BCUT2D eigenvalue weighted by Crippen LogP contribution is 2.37. The summed E-state index contributed by atoms with van der Waals surface area (Å²) in [5.41, 5.74) is 1.35. The number of fused-ring (bicyclic) bond motifs is 4. The average molecular weight is 1410 g/mol. The first-order valence-electron chi connectivity index (χ1n) is 37.1. The largest absolute Gasteiger partial charge is 0.458 e. The number of ether oxygens (including phenoxy) is 10. The molecule has 0 aliphatic carbocycles. The van der Waals surface area contributed by atoms with Crippen LogP contribution in [0.15, 0.2) is 71.9 Å². The summed E-state index contributed by atoms with van der Waals surface area (Å²) in [6, 6.07) is 0. The highest BCUT2D eigenvalue weighted by molar-refractivity contribution is 5.83. The molecule has 0 aromatic carbocycles. The number of hydrogen-bond donors (Lipinski definition) is 9. The van der Waals surface area contributed by atoms with Crippen molar-refractivity contribution >= 4 is 11.9 Å². The molecule has 0 spiro atoms. The molecule has 0 radical (unpaired) electrons. The first kappa shape index (κ1) is 86.3. The Balaban J connectivity index is 1.37. The highest BCUT2D eigenvalue weighted by Gasteiger charge is 2.43. The summed E-state index contributed by atoms with van der Waals surface area (Å²) in [7, 11) is 6.48. The topological polar surface area (TPSA) is 309 Å². The summed E-state index contributed by atoms with van der Waals surface area (Å²) in [4.78, 5) is 27.8. The van der Waals surface area contributed by atoms with Crippen molar-refractivity contribution < 1.29 is 103 Å². The van der Waals surface area contributed by atoms with E-state index in [9.17, 15) is 55.5 Å². The highest BCUT2D eigenvalue weighted by atomic mass is 16.6. The van der Waals surface area contributed by atoms with Gasteiger partial charge in [-0.3, -0.25) is 0 Å². The lowest BCUT2D eigenvalue weighted by Gasteiger charge is -2.39. The quantitative estimate of drug-likeness (QED) is 0.0514. The van der Waals surface area contributed by atoms with E-state index in [1.165, 1.54) is 12.2 Å². The van der Waals surface area contributed by atoms with Crippen LogP contribution < -0.4 is 0 Å². The Morgan fingerprint density at radius 3 is 1.32 bits per heavy atom. The van der Waals surface area contributed by atoms with Crippen molar-refractivity contribution in [2.24, 2.45) is 47.3 Å². The van der Waals surface area contributed by atoms with Gasteiger partial charge in [0.15, 0.2) is 0 Å². The van der Waals surface area contributed by atoms with Gasteiger partial charge in [-0.1, -0.05) is 115 Å². The molecule has 2 fully saturated rings. The fourth-order valence-electron chi connectivity index (χ4n) is 15.4. The van der Waals surface area contributed by atoms with Crippen molar-refractivity contribution in [1.29, 1.82) is 0 Å². The van der Waals surface area contributed by atoms with Gasteiger partial charge >= 0.3 is 11.9 Å². The van der Waals surface area contributed by atoms with Gasteiger partial charge in [0.25, 0.3) is 0 Å². The number of esters is 2. The van der Waals surface area contributed by atoms with Crippen molar-refractivity contribution in [3.05, 3.63) is 71.9 Å². The second-order valence-electron chi connectivity index (χ2n) is 30.5. The Labute approximate surface area is 592 Å². The van der Waals surface area contributed by atoms with Gasteiger partial charge in [-0.05, 0) is 117 Å². The molecule has 99 heavy (non-hydrogen) atoms. The molecule has 5 aliphatic heterocycles. The van der Waals surface area contributed by atoms with Crippen LogP contribution in [0.5, 0.6) is 0 Å². The molecule has 21 heteroatoms. The fourth-order valence-corrected chi connectivity index (χ4v) is 15.4. The van der Waals surface area contributed by atoms with Crippen molar-refractivity contribution in [3.8, 4) is 0 Å². The molecule has 0 aromatic rings. The number of hydrogen-bond acceptors (Lipinski definition) is 21. The van der Waals surface area contributed by atoms with Gasteiger partial charge in [-0.15, -0.1) is 0 Å². The molecule has 1 unspecified atom stereocenters. The van der Waals surface area contributed by atoms with Crippen LogP contribution >= 0.6 is 0 Å². The van der Waals surface area contributed by atoms with Gasteiger partial charge in [0, 0.05) is 108 Å². The predicted octanol–water partition coefficient (Wildman–Crippen LogP) is 9.08. The van der Waals surface area contributed by atoms with E-state index in [0.29, 0.717) is 62.5 Å². The molecule has 9 N–H and O–H groups in total. The minimum Gasteiger partial charge on any atom is -0.458 e. The Kier molecular flexibility index (Phi) is 37.7. The average Bonchev–Trinajstić information content (AvgIpc) is 0.855. The predicted molar refractivity (Wildman–Crippen MR) is 379 cm³/mol. The monoisotopic (exact) mass is 1400 g/mol. The zero-order valence-electron chi connectivity index (χ0n) is 62.6. The van der Waals surface area contributed by atoms with Gasteiger partial charge in [0.05, 0.1) is 128 Å². The molecule has 570 valence electrons. The zero-order valence-corrected chi connectivity index (χ0v) is 62.6. The maximum Gasteiger partial charge on any atom is 0.331 e. The number of aliphatic hydroxyl groups excluding tert-OH is 9. The summed E-state index contributed by atoms with van der Waals surface area (Å²) in [5, 5.41) is 106. The first-order chi connectivity index (χ1) is 46.8. The van der Waals surface area contributed by atoms with E-state index in [2.05, 4.69) is 0 Å². The lowest BCUT2D eigenvalue weighted by molar-refractivity contribution is -0.160. The number of carbonyl (C=O) groups is 2. The Morgan fingerprint density at radius 1 is 0.475 bits per heavy atom. The maximum absolute atomic E-state index is 13.9. The molecule has 0 aromatic heterocycles. The Morgan fingerprint density at radius 2 is 0.889 bits per heavy atom. The second-order valence-corrected chi connectivity index (χ2v) is 30.5. The maximum atomic E-state index is 13.9. The van der Waals surface area contributed by atoms with Crippen LogP contribution in [-0.2, 0) is 57.0 Å². The molecule has 0 amide bonds. The zero-order chi connectivity index (χ0) is 73.4. The van der Waals surface area contributed by atoms with E-state index in [0.717, 1.165) is 12.8 Å². The summed E-state index contributed by atoms with van der Waals surface area (Å²) in [6.45, 7) is 22.1. The van der Waals surface area contributed by atoms with Crippen LogP contribution in [0.25, 0.3) is 0 Å². The molecule has 5 rings (SSSR count). The molecule has 2 saturated heterocycles. The van der Waals surface area contributed by atoms with Crippen molar-refractivity contribution in [1.82, 2.24) is 0 Å². The minimum atomic E-state index is -1.22. The standard InChI is InChI=1S/C78H132O21/c1-44-23-28-56(79)36-58-20-18-22-61(97-58)40-71(93-16)51(8)66(82)43-68(84)53(10)78(55(12)76(89)47(4)33-69(85)72-41-64(91-14)35-49(6)95-72)99-74(87)32-26-45(2)24-29-57(80)37-59-19-17-21-60(96-59)39-70(92-15)50(7)65(81)42-67(83)52(9)77(98-73(86)31-25-44)54(11)75(88)46(3)27-30-62-38-63(90-13)34-48(5)94-62/h17-20,23-26,31-32,46-72,75-85,88-89H,21-22,27-30,33-43H2,1-16H3/b31-25?,32-26-,44-23-,45-24-/t46-,47-,48-,49-,50-,51-,52-,53-,54-,55-,56-,57-,58-,59-,60-,61-,62-,63+,64+,65-,66-,67+,68+,69?,70-,71-,72+,75-,76-,77-,78-/m0/s1. The van der Waals surface area contributed by atoms with Crippen LogP contribution in [0.1, 0.15) is 192 Å². The van der Waals surface area contributed by atoms with Gasteiger partial charge in [0.2, 0.25) is 0 Å². The Bertz CT molecular complexity index is 2520. The molecule has 21 nitrogen and oxygen atoms in total. The molecule has 31 atom stereocenters. The SMILES string of the molecule is CO[C@@H]1C[C@H](C)O[C@@H](C(O)C[C@H](C)[C@H](O)[C@H](C)[C@H]2OC(=O)/C=C\C(C)=C/C[C@H](O)C[C@@H]3C=CC[C@@H](C[C@H](OC)[C@@H](C)[C@@H](O)C[C@@H](O)[C@H](C)[C@@H]([C@@H](C)[C@@H](O)[C@@H](C)CC[C@H]4C[C@H](OC)C[C@H](C)O4)OC(=O)C=C/C(C)=C\C[C@H](O)C[C@@H]4C=CC[C@@H](C[C@H](OC)[C@@H](C)[C@@H](O)C[C@@H](O)[C@@H]2C)O4)O3)C1. The number of methoxy groups -OCH3 is 4. The third kappa shape index (κ3) is 28.3. The molecule has 5 heterocycles. The summed E-state index contributed by atoms with van der Waals surface area (Å²) >= 11 is 0. The number of allylic oxidation sites excluding steroid dienone is 4. The Hall–Kier alpha value is -3.30. The first-order valence-corrected chi connectivity index (χ1v) is 37.1. The molecule has 0 saturated carbocycles. The minimum absolute atomic E-state index is 0.0334. The van der Waals surface area contributed by atoms with E-state index in [1.54, 1.807) is 81.3 Å². The van der Waals surface area contributed by atoms with Gasteiger partial charge < -0.3 is 93.3 Å². The lowest BCUT2D eigenvalue weighted by atomic mass is 9.78. The number of cyclic esters (lactones) is 2. The number of aliphatic hydroxyl groups is 9. The molecule has 5 aliphatic rings. The molecular formula is C78H132O21. The number of carbonyl (C=O) groups excluding carboxylic acids is 2. The summed E-state index contributed by atoms with van der Waals surface area (Å²) in [5.74, 6) is -6.08. The summed E-state index contributed by atoms with van der Waals surface area (Å²) in [6.07, 6.45) is 9.95. The van der Waals surface area contributed by atoms with E-state index in [4.69, 9.17) is 47.4 Å². The van der Waals surface area contributed by atoms with Crippen LogP contribution in [0.3, 0.4) is 0 Å². The van der Waals surface area contributed by atoms with Gasteiger partial charge in [-0.2, -0.15) is 0 Å². The van der Waals surface area contributed by atoms with Crippen molar-refractivity contribution in [2.45, 2.75) is 333 Å². The second kappa shape index (κ2) is 43.2. The van der Waals surface area contributed by atoms with Crippen LogP contribution in [0, 0.1) is 47.3 Å². The van der Waals surface area contributed by atoms with E-state index in [1.807, 2.05) is 78.8 Å². The lowest BCUT2D eigenvalue weighted by Crippen LogP contribution is -2.47. The molecular weight excluding hydrogens is 1270 g/mol. The van der Waals surface area contributed by atoms with Crippen LogP contribution in [0.4, 0.5) is 0 Å². The normalized spacial score (nSPS) is 40.8. The van der Waals surface area contributed by atoms with Crippen molar-refractivity contribution in [2.75, 3.05) is 28.4 Å². The van der Waals surface area contributed by atoms with E-state index >= 15 is 0 Å². The number of rotatable bonds is 16. The van der Waals surface area contributed by atoms with Gasteiger partial charge in [-0.25, -0.2) is 9.59 Å². The van der Waals surface area contributed by atoms with Gasteiger partial charge in [0.1, 0.15) is 12.2 Å². The van der Waals surface area contributed by atoms with Crippen molar-refractivity contribution in [3.63, 3.8) is 0 Å². The third-order valence-corrected chi connectivity index (χ3v) is 22.3. The third-order valence-electron chi connectivity index (χ3n) is 22.3. The van der Waals surface area contributed by atoms with Crippen LogP contribution in [-0.4, -0.2) is 227 Å². The van der Waals surface area contributed by atoms with E-state index in [-0.39, 0.29) is 93.6 Å². The summed E-state index contributed by atoms with van der Waals surface area (Å²) < 4.78 is 61.1. The van der Waals surface area contributed by atoms with Crippen LogP contribution in [0.2, 0.25) is 0 Å². The van der Waals surface area contributed by atoms with E-state index < -0.39 is 151 Å². The smallest absolute Gasteiger partial charge is 0.331 e. The molecule has 4 bridgehead atoms. The fraction of sp³-hybridized carbons (Fsp3) is 0.821.